The van der Waals surface area contributed by atoms with Crippen LogP contribution in [0.15, 0.2) is 24.7 Å². The first-order chi connectivity index (χ1) is 9.72. The van der Waals surface area contributed by atoms with Gasteiger partial charge >= 0.3 is 0 Å². The van der Waals surface area contributed by atoms with Gasteiger partial charge in [0.15, 0.2) is 5.82 Å². The topological polar surface area (TPSA) is 52.0 Å². The van der Waals surface area contributed by atoms with Gasteiger partial charge in [0.1, 0.15) is 0 Å². The summed E-state index contributed by atoms with van der Waals surface area (Å²) in [5, 5.41) is 8.63. The molecule has 20 heavy (non-hydrogen) atoms. The van der Waals surface area contributed by atoms with Crippen LogP contribution in [0.2, 0.25) is 10.0 Å². The number of hydrogen-bond acceptors (Lipinski definition) is 4. The van der Waals surface area contributed by atoms with Gasteiger partial charge in [0.2, 0.25) is 0 Å². The lowest BCUT2D eigenvalue weighted by Crippen LogP contribution is -2.29. The van der Waals surface area contributed by atoms with Crippen LogP contribution in [0.3, 0.4) is 0 Å². The molecule has 1 aliphatic rings. The highest BCUT2D eigenvalue weighted by atomic mass is 35.5. The lowest BCUT2D eigenvalue weighted by molar-refractivity contribution is 0.0876. The fourth-order valence-electron chi connectivity index (χ4n) is 2.18. The second kappa shape index (κ2) is 5.99. The van der Waals surface area contributed by atoms with Gasteiger partial charge in [0, 0.05) is 18.8 Å². The van der Waals surface area contributed by atoms with Crippen molar-refractivity contribution >= 4 is 28.9 Å². The minimum Gasteiger partial charge on any atom is -0.379 e. The third kappa shape index (κ3) is 3.06. The first-order valence-corrected chi connectivity index (χ1v) is 7.18. The fraction of sp³-hybridized carbons (Fsp3) is 0.385. The van der Waals surface area contributed by atoms with E-state index in [1.54, 1.807) is 23.1 Å². The summed E-state index contributed by atoms with van der Waals surface area (Å²) in [6, 6.07) is 1.98. The van der Waals surface area contributed by atoms with Crippen LogP contribution in [0, 0.1) is 0 Å². The molecule has 5 nitrogen and oxygen atoms in total. The maximum atomic E-state index is 6.12. The van der Waals surface area contributed by atoms with E-state index in [9.17, 15) is 0 Å². The van der Waals surface area contributed by atoms with E-state index in [2.05, 4.69) is 15.4 Å². The molecule has 1 unspecified atom stereocenters. The minimum atomic E-state index is 0.329. The molecule has 1 aliphatic heterocycles. The molecule has 3 rings (SSSR count). The zero-order valence-corrected chi connectivity index (χ0v) is 12.2. The second-order valence-electron chi connectivity index (χ2n) is 4.69. The predicted octanol–water partition coefficient (Wildman–Crippen LogP) is 3.17. The SMILES string of the molecule is Clc1cnc(-n2cc(NC3CCCOC3)cn2)c(Cl)c1. The summed E-state index contributed by atoms with van der Waals surface area (Å²) in [5.74, 6) is 0.559. The Kier molecular flexibility index (Phi) is 4.10. The Bertz CT molecular complexity index is 596. The van der Waals surface area contributed by atoms with Gasteiger partial charge in [-0.3, -0.25) is 0 Å². The summed E-state index contributed by atoms with van der Waals surface area (Å²) in [6.07, 6.45) is 7.34. The van der Waals surface area contributed by atoms with Crippen molar-refractivity contribution in [2.45, 2.75) is 18.9 Å². The zero-order chi connectivity index (χ0) is 13.9. The molecule has 0 amide bonds. The molecule has 0 spiro atoms. The third-order valence-corrected chi connectivity index (χ3v) is 3.60. The van der Waals surface area contributed by atoms with Crippen LogP contribution in [0.5, 0.6) is 0 Å². The van der Waals surface area contributed by atoms with Gasteiger partial charge in [-0.05, 0) is 18.9 Å². The quantitative estimate of drug-likeness (QED) is 0.945. The van der Waals surface area contributed by atoms with Crippen molar-refractivity contribution < 1.29 is 4.74 Å². The van der Waals surface area contributed by atoms with Gasteiger partial charge < -0.3 is 10.1 Å². The van der Waals surface area contributed by atoms with Crippen LogP contribution in [0.1, 0.15) is 12.8 Å². The summed E-state index contributed by atoms with van der Waals surface area (Å²) in [4.78, 5) is 4.19. The van der Waals surface area contributed by atoms with Crippen molar-refractivity contribution in [3.63, 3.8) is 0 Å². The van der Waals surface area contributed by atoms with Gasteiger partial charge in [0.05, 0.1) is 34.7 Å². The molecular formula is C13H14Cl2N4O. The number of nitrogens with zero attached hydrogens (tertiary/aromatic N) is 3. The molecule has 0 aliphatic carbocycles. The number of ether oxygens (including phenoxy) is 1. The Morgan fingerprint density at radius 1 is 1.35 bits per heavy atom. The molecular weight excluding hydrogens is 299 g/mol. The molecule has 0 aromatic carbocycles. The second-order valence-corrected chi connectivity index (χ2v) is 5.53. The number of pyridine rings is 1. The van der Waals surface area contributed by atoms with Crippen LogP contribution in [-0.4, -0.2) is 34.0 Å². The average molecular weight is 313 g/mol. The van der Waals surface area contributed by atoms with Crippen LogP contribution in [-0.2, 0) is 4.74 Å². The summed E-state index contributed by atoms with van der Waals surface area (Å²) in [5.41, 5.74) is 0.924. The van der Waals surface area contributed by atoms with Gasteiger partial charge in [0.25, 0.3) is 0 Å². The van der Waals surface area contributed by atoms with E-state index in [1.165, 1.54) is 0 Å². The Labute approximate surface area is 126 Å². The molecule has 0 saturated carbocycles. The minimum absolute atomic E-state index is 0.329. The van der Waals surface area contributed by atoms with Gasteiger partial charge in [-0.2, -0.15) is 5.10 Å². The third-order valence-electron chi connectivity index (χ3n) is 3.12. The number of rotatable bonds is 3. The van der Waals surface area contributed by atoms with Crippen LogP contribution < -0.4 is 5.32 Å². The highest BCUT2D eigenvalue weighted by molar-refractivity contribution is 6.35. The van der Waals surface area contributed by atoms with Gasteiger partial charge in [-0.25, -0.2) is 9.67 Å². The van der Waals surface area contributed by atoms with Crippen LogP contribution in [0.4, 0.5) is 5.69 Å². The molecule has 7 heteroatoms. The fourth-order valence-corrected chi connectivity index (χ4v) is 2.65. The molecule has 1 saturated heterocycles. The smallest absolute Gasteiger partial charge is 0.172 e. The maximum Gasteiger partial charge on any atom is 0.172 e. The van der Waals surface area contributed by atoms with Crippen molar-refractivity contribution in [3.8, 4) is 5.82 Å². The van der Waals surface area contributed by atoms with Crippen molar-refractivity contribution in [2.75, 3.05) is 18.5 Å². The van der Waals surface area contributed by atoms with E-state index in [-0.39, 0.29) is 0 Å². The Balaban J connectivity index is 1.75. The van der Waals surface area contributed by atoms with E-state index in [1.807, 2.05) is 6.20 Å². The van der Waals surface area contributed by atoms with E-state index in [0.29, 0.717) is 21.9 Å². The summed E-state index contributed by atoms with van der Waals surface area (Å²) >= 11 is 12.0. The monoisotopic (exact) mass is 312 g/mol. The lowest BCUT2D eigenvalue weighted by atomic mass is 10.1. The summed E-state index contributed by atoms with van der Waals surface area (Å²) in [7, 11) is 0. The van der Waals surface area contributed by atoms with E-state index in [4.69, 9.17) is 27.9 Å². The molecule has 0 radical (unpaired) electrons. The van der Waals surface area contributed by atoms with Crippen molar-refractivity contribution in [1.29, 1.82) is 0 Å². The van der Waals surface area contributed by atoms with Crippen LogP contribution in [0.25, 0.3) is 5.82 Å². The molecule has 2 aromatic rings. The molecule has 3 heterocycles. The van der Waals surface area contributed by atoms with Crippen molar-refractivity contribution in [3.05, 3.63) is 34.7 Å². The number of halogens is 2. The van der Waals surface area contributed by atoms with Gasteiger partial charge in [-0.1, -0.05) is 23.2 Å². The summed E-state index contributed by atoms with van der Waals surface area (Å²) < 4.78 is 7.07. The number of nitrogens with one attached hydrogen (secondary N) is 1. The van der Waals surface area contributed by atoms with Crippen LogP contribution >= 0.6 is 23.2 Å². The normalized spacial score (nSPS) is 19.0. The summed E-state index contributed by atoms with van der Waals surface area (Å²) in [6.45, 7) is 1.58. The number of hydrogen-bond donors (Lipinski definition) is 1. The molecule has 0 bridgehead atoms. The Morgan fingerprint density at radius 2 is 2.25 bits per heavy atom. The Morgan fingerprint density at radius 3 is 3.00 bits per heavy atom. The van der Waals surface area contributed by atoms with E-state index in [0.717, 1.165) is 31.7 Å². The highest BCUT2D eigenvalue weighted by Crippen LogP contribution is 2.22. The largest absolute Gasteiger partial charge is 0.379 e. The van der Waals surface area contributed by atoms with E-state index < -0.39 is 0 Å². The molecule has 1 atom stereocenters. The van der Waals surface area contributed by atoms with Crippen molar-refractivity contribution in [2.24, 2.45) is 0 Å². The zero-order valence-electron chi connectivity index (χ0n) is 10.7. The molecule has 1 fully saturated rings. The first-order valence-electron chi connectivity index (χ1n) is 6.43. The molecule has 2 aromatic heterocycles. The number of aromatic nitrogens is 3. The maximum absolute atomic E-state index is 6.12. The standard InChI is InChI=1S/C13H14Cl2N4O/c14-9-4-12(15)13(16-5-9)19-7-11(6-17-19)18-10-2-1-3-20-8-10/h4-7,10,18H,1-3,8H2. The molecule has 106 valence electrons. The lowest BCUT2D eigenvalue weighted by Gasteiger charge is -2.23. The van der Waals surface area contributed by atoms with Gasteiger partial charge in [-0.15, -0.1) is 0 Å². The first kappa shape index (κ1) is 13.7. The molecule has 1 N–H and O–H groups in total. The average Bonchev–Trinajstić information content (AvgIpc) is 2.88. The predicted molar refractivity (Wildman–Crippen MR) is 78.8 cm³/mol. The van der Waals surface area contributed by atoms with E-state index >= 15 is 0 Å². The Hall–Kier alpha value is -1.30. The highest BCUT2D eigenvalue weighted by Gasteiger charge is 2.15. The number of anilines is 1. The van der Waals surface area contributed by atoms with Crippen molar-refractivity contribution in [1.82, 2.24) is 14.8 Å².